The maximum atomic E-state index is 13.6. The molecule has 27 heavy (non-hydrogen) atoms. The summed E-state index contributed by atoms with van der Waals surface area (Å²) in [4.78, 5) is 12.3. The zero-order valence-corrected chi connectivity index (χ0v) is 15.2. The van der Waals surface area contributed by atoms with Crippen molar-refractivity contribution in [3.05, 3.63) is 83.3 Å². The van der Waals surface area contributed by atoms with Crippen molar-refractivity contribution in [3.63, 3.8) is 0 Å². The molecule has 2 N–H and O–H groups in total. The number of nitrogens with one attached hydrogen (secondary N) is 2. The molecular weight excluding hydrogens is 343 g/mol. The molecule has 0 saturated heterocycles. The number of carbonyl (C=O) groups excluding carboxylic acids is 1. The summed E-state index contributed by atoms with van der Waals surface area (Å²) < 4.78 is 13.6. The van der Waals surface area contributed by atoms with E-state index < -0.39 is 0 Å². The summed E-state index contributed by atoms with van der Waals surface area (Å²) in [6.07, 6.45) is 0. The molecule has 5 nitrogen and oxygen atoms in total. The van der Waals surface area contributed by atoms with Gasteiger partial charge in [0.05, 0.1) is 0 Å². The Morgan fingerprint density at radius 2 is 1.74 bits per heavy atom. The first kappa shape index (κ1) is 18.5. The molecule has 0 aliphatic rings. The van der Waals surface area contributed by atoms with Crippen LogP contribution in [0.25, 0.3) is 0 Å². The second-order valence-corrected chi connectivity index (χ2v) is 6.48. The van der Waals surface area contributed by atoms with E-state index in [-0.39, 0.29) is 24.0 Å². The van der Waals surface area contributed by atoms with Gasteiger partial charge in [-0.3, -0.25) is 4.79 Å². The predicted molar refractivity (Wildman–Crippen MR) is 104 cm³/mol. The van der Waals surface area contributed by atoms with Crippen LogP contribution >= 0.6 is 0 Å². The first-order valence-corrected chi connectivity index (χ1v) is 8.75. The highest BCUT2D eigenvalue weighted by molar-refractivity contribution is 6.02. The Bertz CT molecular complexity index is 908. The predicted octanol–water partition coefficient (Wildman–Crippen LogP) is 4.60. The fourth-order valence-corrected chi connectivity index (χ4v) is 2.52. The van der Waals surface area contributed by atoms with Gasteiger partial charge in [0.25, 0.3) is 5.91 Å². The molecule has 138 valence electrons. The van der Waals surface area contributed by atoms with E-state index in [9.17, 15) is 9.18 Å². The first-order chi connectivity index (χ1) is 13.0. The van der Waals surface area contributed by atoms with E-state index in [1.165, 1.54) is 11.6 Å². The van der Waals surface area contributed by atoms with Crippen LogP contribution in [0.15, 0.2) is 60.7 Å². The molecule has 0 bridgehead atoms. The van der Waals surface area contributed by atoms with Crippen molar-refractivity contribution in [2.24, 2.45) is 0 Å². The van der Waals surface area contributed by atoms with Crippen molar-refractivity contribution in [1.82, 2.24) is 10.2 Å². The number of amides is 1. The van der Waals surface area contributed by atoms with Crippen molar-refractivity contribution in [2.45, 2.75) is 26.3 Å². The smallest absolute Gasteiger partial charge is 0.276 e. The first-order valence-electron chi connectivity index (χ1n) is 8.75. The Morgan fingerprint density at radius 1 is 1.00 bits per heavy atom. The standard InChI is InChI=1S/C21H21FN4O/c1-14(2)15-7-9-17(10-8-15)24-21(27)19-11-12-20(26-25-19)23-13-16-5-3-4-6-18(16)22/h3-12,14H,13H2,1-2H3,(H,23,26)(H,24,27). The summed E-state index contributed by atoms with van der Waals surface area (Å²) in [5.41, 5.74) is 2.65. The van der Waals surface area contributed by atoms with Crippen molar-refractivity contribution in [2.75, 3.05) is 10.6 Å². The topological polar surface area (TPSA) is 66.9 Å². The third-order valence-corrected chi connectivity index (χ3v) is 4.15. The molecule has 6 heteroatoms. The number of benzene rings is 2. The summed E-state index contributed by atoms with van der Waals surface area (Å²) in [7, 11) is 0. The number of halogens is 1. The van der Waals surface area contributed by atoms with Crippen LogP contribution in [-0.4, -0.2) is 16.1 Å². The quantitative estimate of drug-likeness (QED) is 0.671. The van der Waals surface area contributed by atoms with Gasteiger partial charge in [-0.2, -0.15) is 0 Å². The molecule has 2 aromatic carbocycles. The zero-order chi connectivity index (χ0) is 19.2. The molecule has 0 aliphatic heterocycles. The average molecular weight is 364 g/mol. The molecular formula is C21H21FN4O. The van der Waals surface area contributed by atoms with Crippen LogP contribution in [0.3, 0.4) is 0 Å². The third kappa shape index (κ3) is 4.88. The molecule has 0 spiro atoms. The highest BCUT2D eigenvalue weighted by Gasteiger charge is 2.09. The highest BCUT2D eigenvalue weighted by atomic mass is 19.1. The van der Waals surface area contributed by atoms with Gasteiger partial charge in [0.2, 0.25) is 0 Å². The van der Waals surface area contributed by atoms with E-state index in [1.807, 2.05) is 24.3 Å². The molecule has 0 saturated carbocycles. The molecule has 1 heterocycles. The SMILES string of the molecule is CC(C)c1ccc(NC(=O)c2ccc(NCc3ccccc3F)nn2)cc1. The number of carbonyl (C=O) groups is 1. The van der Waals surface area contributed by atoms with Crippen LogP contribution < -0.4 is 10.6 Å². The minimum atomic E-state index is -0.333. The Kier molecular flexibility index (Phi) is 5.76. The number of rotatable bonds is 6. The number of hydrogen-bond acceptors (Lipinski definition) is 4. The van der Waals surface area contributed by atoms with Crippen LogP contribution in [0, 0.1) is 5.82 Å². The van der Waals surface area contributed by atoms with Crippen molar-refractivity contribution in [1.29, 1.82) is 0 Å². The van der Waals surface area contributed by atoms with Gasteiger partial charge in [0.15, 0.2) is 5.69 Å². The monoisotopic (exact) mass is 364 g/mol. The van der Waals surface area contributed by atoms with Gasteiger partial charge in [0.1, 0.15) is 11.6 Å². The largest absolute Gasteiger partial charge is 0.364 e. The van der Waals surface area contributed by atoms with Crippen molar-refractivity contribution in [3.8, 4) is 0 Å². The number of nitrogens with zero attached hydrogens (tertiary/aromatic N) is 2. The lowest BCUT2D eigenvalue weighted by atomic mass is 10.0. The van der Waals surface area contributed by atoms with E-state index in [2.05, 4.69) is 34.7 Å². The highest BCUT2D eigenvalue weighted by Crippen LogP contribution is 2.17. The van der Waals surface area contributed by atoms with Gasteiger partial charge in [0, 0.05) is 17.8 Å². The molecule has 0 atom stereocenters. The van der Waals surface area contributed by atoms with E-state index in [0.29, 0.717) is 23.0 Å². The maximum absolute atomic E-state index is 13.6. The van der Waals surface area contributed by atoms with Gasteiger partial charge in [-0.05, 0) is 41.8 Å². The van der Waals surface area contributed by atoms with Crippen LogP contribution in [0.4, 0.5) is 15.9 Å². The minimum Gasteiger partial charge on any atom is -0.364 e. The Morgan fingerprint density at radius 3 is 2.37 bits per heavy atom. The maximum Gasteiger partial charge on any atom is 0.276 e. The number of anilines is 2. The molecule has 0 radical (unpaired) electrons. The summed E-state index contributed by atoms with van der Waals surface area (Å²) in [5, 5.41) is 13.7. The van der Waals surface area contributed by atoms with E-state index in [0.717, 1.165) is 0 Å². The Hall–Kier alpha value is -3.28. The van der Waals surface area contributed by atoms with E-state index in [1.54, 1.807) is 30.3 Å². The second-order valence-electron chi connectivity index (χ2n) is 6.48. The lowest BCUT2D eigenvalue weighted by molar-refractivity contribution is 0.102. The van der Waals surface area contributed by atoms with Gasteiger partial charge in [-0.15, -0.1) is 10.2 Å². The lowest BCUT2D eigenvalue weighted by Gasteiger charge is -2.09. The summed E-state index contributed by atoms with van der Waals surface area (Å²) in [5.74, 6) is 0.291. The van der Waals surface area contributed by atoms with Crippen molar-refractivity contribution < 1.29 is 9.18 Å². The fraction of sp³-hybridized carbons (Fsp3) is 0.190. The van der Waals surface area contributed by atoms with Crippen LogP contribution in [0.2, 0.25) is 0 Å². The van der Waals surface area contributed by atoms with Crippen LogP contribution in [-0.2, 0) is 6.54 Å². The van der Waals surface area contributed by atoms with Gasteiger partial charge in [-0.25, -0.2) is 4.39 Å². The summed E-state index contributed by atoms with van der Waals surface area (Å²) >= 11 is 0. The normalized spacial score (nSPS) is 10.7. The van der Waals surface area contributed by atoms with Crippen molar-refractivity contribution >= 4 is 17.4 Å². The average Bonchev–Trinajstić information content (AvgIpc) is 2.68. The number of hydrogen-bond donors (Lipinski definition) is 2. The van der Waals surface area contributed by atoms with Crippen LogP contribution in [0.1, 0.15) is 41.4 Å². The zero-order valence-electron chi connectivity index (χ0n) is 15.2. The third-order valence-electron chi connectivity index (χ3n) is 4.15. The molecule has 3 aromatic rings. The van der Waals surface area contributed by atoms with E-state index >= 15 is 0 Å². The minimum absolute atomic E-state index is 0.208. The fourth-order valence-electron chi connectivity index (χ4n) is 2.52. The molecule has 0 fully saturated rings. The van der Waals surface area contributed by atoms with E-state index in [4.69, 9.17) is 0 Å². The lowest BCUT2D eigenvalue weighted by Crippen LogP contribution is -2.15. The Balaban J connectivity index is 1.59. The van der Waals surface area contributed by atoms with Gasteiger partial charge < -0.3 is 10.6 Å². The molecule has 3 rings (SSSR count). The van der Waals surface area contributed by atoms with Gasteiger partial charge >= 0.3 is 0 Å². The Labute approximate surface area is 157 Å². The molecule has 1 aromatic heterocycles. The molecule has 0 unspecified atom stereocenters. The van der Waals surface area contributed by atoms with Gasteiger partial charge in [-0.1, -0.05) is 44.2 Å². The number of aromatic nitrogens is 2. The molecule has 1 amide bonds. The second kappa shape index (κ2) is 8.40. The summed E-state index contributed by atoms with van der Waals surface area (Å²) in [6.45, 7) is 4.52. The molecule has 0 aliphatic carbocycles. The summed E-state index contributed by atoms with van der Waals surface area (Å²) in [6, 6.07) is 17.4. The van der Waals surface area contributed by atoms with Crippen LogP contribution in [0.5, 0.6) is 0 Å².